The van der Waals surface area contributed by atoms with E-state index in [2.05, 4.69) is 18.7 Å². The lowest BCUT2D eigenvalue weighted by atomic mass is 9.98. The number of hydrogen-bond acceptors (Lipinski definition) is 2. The SMILES string of the molecule is CCN(C(C)c1ccc(F)cc1Cl)C1CCCC1CN. The second-order valence-electron chi connectivity index (χ2n) is 5.67. The molecule has 112 valence electrons. The van der Waals surface area contributed by atoms with E-state index >= 15 is 0 Å². The average molecular weight is 299 g/mol. The van der Waals surface area contributed by atoms with Gasteiger partial charge in [0, 0.05) is 17.1 Å². The summed E-state index contributed by atoms with van der Waals surface area (Å²) in [5.41, 5.74) is 6.90. The Balaban J connectivity index is 2.22. The number of nitrogens with two attached hydrogens (primary N) is 1. The molecule has 4 heteroatoms. The smallest absolute Gasteiger partial charge is 0.124 e. The second kappa shape index (κ2) is 6.88. The third-order valence-electron chi connectivity index (χ3n) is 4.62. The first-order valence-corrected chi connectivity index (χ1v) is 7.87. The normalized spacial score (nSPS) is 24.3. The van der Waals surface area contributed by atoms with Gasteiger partial charge in [0.1, 0.15) is 5.82 Å². The molecule has 3 unspecified atom stereocenters. The Morgan fingerprint density at radius 2 is 2.20 bits per heavy atom. The molecule has 2 nitrogen and oxygen atoms in total. The lowest BCUT2D eigenvalue weighted by Crippen LogP contribution is -2.41. The van der Waals surface area contributed by atoms with Crippen LogP contribution in [0.2, 0.25) is 5.02 Å². The summed E-state index contributed by atoms with van der Waals surface area (Å²) in [6.07, 6.45) is 3.65. The van der Waals surface area contributed by atoms with Crippen molar-refractivity contribution in [2.75, 3.05) is 13.1 Å². The van der Waals surface area contributed by atoms with Crippen LogP contribution in [0.4, 0.5) is 4.39 Å². The summed E-state index contributed by atoms with van der Waals surface area (Å²) in [6, 6.07) is 5.39. The molecule has 1 aromatic carbocycles. The van der Waals surface area contributed by atoms with E-state index in [1.54, 1.807) is 6.07 Å². The molecule has 2 N–H and O–H groups in total. The van der Waals surface area contributed by atoms with Gasteiger partial charge in [-0.15, -0.1) is 0 Å². The lowest BCUT2D eigenvalue weighted by Gasteiger charge is -2.37. The van der Waals surface area contributed by atoms with Crippen LogP contribution in [0.3, 0.4) is 0 Å². The molecule has 0 spiro atoms. The number of rotatable bonds is 5. The van der Waals surface area contributed by atoms with Crippen LogP contribution in [0.15, 0.2) is 18.2 Å². The van der Waals surface area contributed by atoms with Crippen molar-refractivity contribution in [3.05, 3.63) is 34.6 Å². The Bertz CT molecular complexity index is 452. The molecule has 20 heavy (non-hydrogen) atoms. The largest absolute Gasteiger partial charge is 0.330 e. The predicted octanol–water partition coefficient (Wildman–Crippen LogP) is 3.99. The van der Waals surface area contributed by atoms with Crippen molar-refractivity contribution in [1.29, 1.82) is 0 Å². The Morgan fingerprint density at radius 3 is 2.80 bits per heavy atom. The zero-order chi connectivity index (χ0) is 14.7. The molecule has 0 aromatic heterocycles. The molecule has 1 aromatic rings. The second-order valence-corrected chi connectivity index (χ2v) is 6.07. The standard InChI is InChI=1S/C16H24ClFN2/c1-3-20(16-6-4-5-12(16)10-19)11(2)14-8-7-13(18)9-15(14)17/h7-9,11-12,16H,3-6,10,19H2,1-2H3. The van der Waals surface area contributed by atoms with Crippen LogP contribution in [0, 0.1) is 11.7 Å². The van der Waals surface area contributed by atoms with Gasteiger partial charge in [-0.05, 0) is 56.5 Å². The van der Waals surface area contributed by atoms with Gasteiger partial charge in [-0.3, -0.25) is 4.90 Å². The maximum Gasteiger partial charge on any atom is 0.124 e. The van der Waals surface area contributed by atoms with Gasteiger partial charge in [-0.25, -0.2) is 4.39 Å². The van der Waals surface area contributed by atoms with E-state index in [1.807, 2.05) is 0 Å². The monoisotopic (exact) mass is 298 g/mol. The average Bonchev–Trinajstić information content (AvgIpc) is 2.87. The van der Waals surface area contributed by atoms with Crippen molar-refractivity contribution in [1.82, 2.24) is 4.90 Å². The Hall–Kier alpha value is -0.640. The minimum Gasteiger partial charge on any atom is -0.330 e. The van der Waals surface area contributed by atoms with Crippen LogP contribution in [-0.2, 0) is 0 Å². The molecule has 3 atom stereocenters. The molecule has 1 fully saturated rings. The van der Waals surface area contributed by atoms with Gasteiger partial charge in [0.05, 0.1) is 0 Å². The van der Waals surface area contributed by atoms with Crippen molar-refractivity contribution in [2.24, 2.45) is 11.7 Å². The molecule has 1 aliphatic rings. The maximum atomic E-state index is 13.2. The van der Waals surface area contributed by atoms with Gasteiger partial charge in [0.25, 0.3) is 0 Å². The lowest BCUT2D eigenvalue weighted by molar-refractivity contribution is 0.123. The minimum atomic E-state index is -0.283. The summed E-state index contributed by atoms with van der Waals surface area (Å²) in [5, 5.41) is 0.512. The molecular formula is C16H24ClFN2. The quantitative estimate of drug-likeness (QED) is 0.890. The van der Waals surface area contributed by atoms with Gasteiger partial charge in [-0.1, -0.05) is 31.0 Å². The zero-order valence-corrected chi connectivity index (χ0v) is 13.0. The van der Waals surface area contributed by atoms with E-state index < -0.39 is 0 Å². The van der Waals surface area contributed by atoms with Gasteiger partial charge < -0.3 is 5.73 Å². The van der Waals surface area contributed by atoms with Gasteiger partial charge >= 0.3 is 0 Å². The van der Waals surface area contributed by atoms with Crippen LogP contribution in [0.1, 0.15) is 44.7 Å². The van der Waals surface area contributed by atoms with E-state index in [9.17, 15) is 4.39 Å². The fourth-order valence-corrected chi connectivity index (χ4v) is 3.87. The molecule has 0 bridgehead atoms. The van der Waals surface area contributed by atoms with E-state index in [0.29, 0.717) is 17.0 Å². The van der Waals surface area contributed by atoms with E-state index in [1.165, 1.54) is 31.4 Å². The van der Waals surface area contributed by atoms with Gasteiger partial charge in [0.15, 0.2) is 0 Å². The summed E-state index contributed by atoms with van der Waals surface area (Å²) < 4.78 is 13.2. The van der Waals surface area contributed by atoms with E-state index in [-0.39, 0.29) is 11.9 Å². The van der Waals surface area contributed by atoms with Gasteiger partial charge in [0.2, 0.25) is 0 Å². The van der Waals surface area contributed by atoms with Crippen molar-refractivity contribution >= 4 is 11.6 Å². The predicted molar refractivity (Wildman–Crippen MR) is 82.4 cm³/mol. The van der Waals surface area contributed by atoms with E-state index in [4.69, 9.17) is 17.3 Å². The molecule has 0 heterocycles. The van der Waals surface area contributed by atoms with Crippen LogP contribution >= 0.6 is 11.6 Å². The summed E-state index contributed by atoms with van der Waals surface area (Å²) in [4.78, 5) is 2.46. The molecule has 1 aliphatic carbocycles. The van der Waals surface area contributed by atoms with Crippen LogP contribution < -0.4 is 5.73 Å². The summed E-state index contributed by atoms with van der Waals surface area (Å²) >= 11 is 6.21. The maximum absolute atomic E-state index is 13.2. The molecular weight excluding hydrogens is 275 g/mol. The highest BCUT2D eigenvalue weighted by Crippen LogP contribution is 2.36. The highest BCUT2D eigenvalue weighted by Gasteiger charge is 2.33. The molecule has 2 rings (SSSR count). The topological polar surface area (TPSA) is 29.3 Å². The van der Waals surface area contributed by atoms with Gasteiger partial charge in [-0.2, -0.15) is 0 Å². The third-order valence-corrected chi connectivity index (χ3v) is 4.95. The highest BCUT2D eigenvalue weighted by molar-refractivity contribution is 6.31. The zero-order valence-electron chi connectivity index (χ0n) is 12.3. The summed E-state index contributed by atoms with van der Waals surface area (Å²) in [5.74, 6) is 0.284. The molecule has 0 amide bonds. The first-order valence-electron chi connectivity index (χ1n) is 7.49. The van der Waals surface area contributed by atoms with Crippen molar-refractivity contribution in [3.63, 3.8) is 0 Å². The van der Waals surface area contributed by atoms with E-state index in [0.717, 1.165) is 18.7 Å². The Labute approximate surface area is 126 Å². The molecule has 0 radical (unpaired) electrons. The number of hydrogen-bond donors (Lipinski definition) is 1. The first kappa shape index (κ1) is 15.7. The Kier molecular flexibility index (Phi) is 5.42. The minimum absolute atomic E-state index is 0.185. The van der Waals surface area contributed by atoms with Crippen molar-refractivity contribution in [2.45, 2.75) is 45.2 Å². The summed E-state index contributed by atoms with van der Waals surface area (Å²) in [7, 11) is 0. The fourth-order valence-electron chi connectivity index (χ4n) is 3.54. The molecule has 0 aliphatic heterocycles. The third kappa shape index (κ3) is 3.16. The molecule has 0 saturated heterocycles. The van der Waals surface area contributed by atoms with Crippen molar-refractivity contribution in [3.8, 4) is 0 Å². The van der Waals surface area contributed by atoms with Crippen LogP contribution in [-0.4, -0.2) is 24.0 Å². The fraction of sp³-hybridized carbons (Fsp3) is 0.625. The highest BCUT2D eigenvalue weighted by atomic mass is 35.5. The first-order chi connectivity index (χ1) is 9.58. The van der Waals surface area contributed by atoms with Crippen LogP contribution in [0.5, 0.6) is 0 Å². The van der Waals surface area contributed by atoms with Crippen molar-refractivity contribution < 1.29 is 4.39 Å². The number of benzene rings is 1. The van der Waals surface area contributed by atoms with Crippen LogP contribution in [0.25, 0.3) is 0 Å². The summed E-state index contributed by atoms with van der Waals surface area (Å²) in [6.45, 7) is 6.01. The molecule has 1 saturated carbocycles. The number of halogens is 2. The number of nitrogens with zero attached hydrogens (tertiary/aromatic N) is 1. The Morgan fingerprint density at radius 1 is 1.45 bits per heavy atom.